The molecule has 0 bridgehead atoms. The molecule has 0 unspecified atom stereocenters. The zero-order chi connectivity index (χ0) is 23.8. The summed E-state index contributed by atoms with van der Waals surface area (Å²) in [6, 6.07) is 5.45. The Balaban J connectivity index is 1.60. The first kappa shape index (κ1) is 23.1. The number of halogens is 3. The number of likely N-dealkylation sites (tertiary alicyclic amines) is 1. The van der Waals surface area contributed by atoms with Crippen LogP contribution in [-0.4, -0.2) is 55.2 Å². The normalized spacial score (nSPS) is 22.8. The van der Waals surface area contributed by atoms with Gasteiger partial charge in [0.05, 0.1) is 29.5 Å². The number of ether oxygens (including phenoxy) is 1. The maximum absolute atomic E-state index is 13.5. The average Bonchev–Trinajstić information content (AvgIpc) is 3.39. The fourth-order valence-electron chi connectivity index (χ4n) is 4.92. The van der Waals surface area contributed by atoms with Crippen molar-refractivity contribution in [3.05, 3.63) is 47.2 Å². The van der Waals surface area contributed by atoms with Gasteiger partial charge in [-0.1, -0.05) is 0 Å². The number of alkyl halides is 3. The molecule has 0 radical (unpaired) electrons. The maximum atomic E-state index is 13.5. The molecule has 2 aliphatic rings. The van der Waals surface area contributed by atoms with Crippen LogP contribution in [0.4, 0.5) is 18.9 Å². The summed E-state index contributed by atoms with van der Waals surface area (Å²) in [6.45, 7) is 6.56. The summed E-state index contributed by atoms with van der Waals surface area (Å²) in [7, 11) is 0. The fraction of sp³-hybridized carbons (Fsp3) is 0.522. The monoisotopic (exact) mass is 462 g/mol. The maximum Gasteiger partial charge on any atom is 0.417 e. The predicted molar refractivity (Wildman–Crippen MR) is 113 cm³/mol. The van der Waals surface area contributed by atoms with Crippen LogP contribution >= 0.6 is 0 Å². The molecule has 2 aromatic rings. The zero-order valence-electron chi connectivity index (χ0n) is 18.5. The second kappa shape index (κ2) is 8.71. The highest BCUT2D eigenvalue weighted by Crippen LogP contribution is 2.46. The quantitative estimate of drug-likeness (QED) is 0.671. The van der Waals surface area contributed by atoms with Crippen LogP contribution in [0.1, 0.15) is 40.7 Å². The fourth-order valence-corrected chi connectivity index (χ4v) is 4.92. The smallest absolute Gasteiger partial charge is 0.417 e. The van der Waals surface area contributed by atoms with Gasteiger partial charge in [0.2, 0.25) is 5.76 Å². The predicted octanol–water partition coefficient (Wildman–Crippen LogP) is 3.88. The van der Waals surface area contributed by atoms with Gasteiger partial charge in [0.1, 0.15) is 0 Å². The molecule has 0 aliphatic carbocycles. The van der Waals surface area contributed by atoms with Gasteiger partial charge in [-0.15, -0.1) is 0 Å². The molecule has 0 saturated carbocycles. The molecule has 1 amide bonds. The number of nitriles is 1. The molecule has 1 aromatic heterocycles. The van der Waals surface area contributed by atoms with Crippen molar-refractivity contribution in [2.75, 3.05) is 44.3 Å². The number of nitrogens with zero attached hydrogens (tertiary/aromatic N) is 4. The van der Waals surface area contributed by atoms with Crippen LogP contribution in [0.3, 0.4) is 0 Å². The average molecular weight is 462 g/mol. The van der Waals surface area contributed by atoms with E-state index in [9.17, 15) is 18.0 Å². The van der Waals surface area contributed by atoms with Gasteiger partial charge in [-0.2, -0.15) is 18.4 Å². The zero-order valence-corrected chi connectivity index (χ0v) is 18.5. The van der Waals surface area contributed by atoms with Crippen LogP contribution in [0.25, 0.3) is 0 Å². The molecule has 3 heterocycles. The number of carbonyl (C=O) groups excluding carboxylic acids is 1. The number of anilines is 1. The summed E-state index contributed by atoms with van der Waals surface area (Å²) in [6.07, 6.45) is -2.71. The summed E-state index contributed by atoms with van der Waals surface area (Å²) >= 11 is 0. The third kappa shape index (κ3) is 4.29. The number of aryl methyl sites for hydroxylation is 1. The van der Waals surface area contributed by atoms with Crippen molar-refractivity contribution in [2.45, 2.75) is 26.4 Å². The van der Waals surface area contributed by atoms with Crippen molar-refractivity contribution in [3.63, 3.8) is 0 Å². The highest BCUT2D eigenvalue weighted by molar-refractivity contribution is 5.92. The molecule has 0 spiro atoms. The Bertz CT molecular complexity index is 1080. The number of hydrogen-bond donors (Lipinski definition) is 0. The van der Waals surface area contributed by atoms with Gasteiger partial charge in [0.25, 0.3) is 5.91 Å². The third-order valence-corrected chi connectivity index (χ3v) is 6.75. The van der Waals surface area contributed by atoms with Gasteiger partial charge in [-0.25, -0.2) is 4.98 Å². The Morgan fingerprint density at radius 1 is 1.39 bits per heavy atom. The number of rotatable bonds is 5. The third-order valence-electron chi connectivity index (χ3n) is 6.75. The molecule has 4 rings (SSSR count). The molecule has 2 aliphatic heterocycles. The second-order valence-electron chi connectivity index (χ2n) is 8.68. The van der Waals surface area contributed by atoms with Gasteiger partial charge in [-0.3, -0.25) is 4.79 Å². The minimum Gasteiger partial charge on any atom is -0.438 e. The highest BCUT2D eigenvalue weighted by Gasteiger charge is 2.51. The van der Waals surface area contributed by atoms with Crippen LogP contribution < -0.4 is 4.90 Å². The largest absolute Gasteiger partial charge is 0.438 e. The first-order valence-electron chi connectivity index (χ1n) is 10.8. The lowest BCUT2D eigenvalue weighted by atomic mass is 9.73. The number of amides is 1. The van der Waals surface area contributed by atoms with Crippen LogP contribution in [0.15, 0.2) is 29.0 Å². The van der Waals surface area contributed by atoms with Gasteiger partial charge >= 0.3 is 6.18 Å². The molecule has 0 N–H and O–H groups in total. The van der Waals surface area contributed by atoms with Crippen molar-refractivity contribution in [3.8, 4) is 6.07 Å². The Morgan fingerprint density at radius 3 is 2.82 bits per heavy atom. The molecular weight excluding hydrogens is 437 g/mol. The lowest BCUT2D eigenvalue weighted by Gasteiger charge is -2.42. The van der Waals surface area contributed by atoms with Crippen LogP contribution in [-0.2, 0) is 10.9 Å². The van der Waals surface area contributed by atoms with E-state index in [4.69, 9.17) is 14.4 Å². The standard InChI is InChI=1S/C23H25F3N4O3/c1-3-32-13-22-6-7-29(21(31)20-15(2)28-14-33-20)10-17(22)11-30(12-22)18-5-4-16(9-27)19(8-18)23(24,25)26/h4-5,8,14,17H,3,6-7,10-13H2,1-2H3/t17-,22+/m1/s1. The molecule has 7 nitrogen and oxygen atoms in total. The molecule has 2 fully saturated rings. The number of hydrogen-bond acceptors (Lipinski definition) is 6. The lowest BCUT2D eigenvalue weighted by molar-refractivity contribution is -0.137. The van der Waals surface area contributed by atoms with Crippen molar-refractivity contribution >= 4 is 11.6 Å². The van der Waals surface area contributed by atoms with E-state index in [1.165, 1.54) is 12.5 Å². The SMILES string of the molecule is CCOC[C@@]12CCN(C(=O)c3ocnc3C)C[C@@H]1CN(c1ccc(C#N)c(C(F)(F)F)c1)C2. The molecule has 1 aromatic carbocycles. The van der Waals surface area contributed by atoms with E-state index in [2.05, 4.69) is 4.98 Å². The Kier molecular flexibility index (Phi) is 6.10. The minimum atomic E-state index is -4.62. The van der Waals surface area contributed by atoms with E-state index < -0.39 is 17.3 Å². The molecule has 2 saturated heterocycles. The summed E-state index contributed by atoms with van der Waals surface area (Å²) < 4.78 is 51.5. The summed E-state index contributed by atoms with van der Waals surface area (Å²) in [4.78, 5) is 20.6. The van der Waals surface area contributed by atoms with E-state index in [0.29, 0.717) is 57.2 Å². The molecule has 176 valence electrons. The van der Waals surface area contributed by atoms with Gasteiger partial charge in [0, 0.05) is 49.8 Å². The number of piperidine rings is 1. The van der Waals surface area contributed by atoms with E-state index in [-0.39, 0.29) is 23.0 Å². The Labute approximate surface area is 189 Å². The van der Waals surface area contributed by atoms with Gasteiger partial charge < -0.3 is 19.0 Å². The van der Waals surface area contributed by atoms with Crippen molar-refractivity contribution in [1.29, 1.82) is 5.26 Å². The van der Waals surface area contributed by atoms with E-state index in [0.717, 1.165) is 6.07 Å². The molecule has 2 atom stereocenters. The van der Waals surface area contributed by atoms with E-state index in [1.807, 2.05) is 11.8 Å². The topological polar surface area (TPSA) is 82.6 Å². The van der Waals surface area contributed by atoms with Crippen molar-refractivity contribution in [1.82, 2.24) is 9.88 Å². The minimum absolute atomic E-state index is 0.00922. The molecule has 33 heavy (non-hydrogen) atoms. The number of benzene rings is 1. The van der Waals surface area contributed by atoms with E-state index >= 15 is 0 Å². The van der Waals surface area contributed by atoms with Crippen molar-refractivity contribution in [2.24, 2.45) is 11.3 Å². The Hall–Kier alpha value is -3.06. The van der Waals surface area contributed by atoms with E-state index in [1.54, 1.807) is 24.0 Å². The Morgan fingerprint density at radius 2 is 2.18 bits per heavy atom. The number of carbonyl (C=O) groups is 1. The van der Waals surface area contributed by atoms with Gasteiger partial charge in [0.15, 0.2) is 6.39 Å². The summed E-state index contributed by atoms with van der Waals surface area (Å²) in [5.41, 5.74) is -0.679. The molecular formula is C23H25F3N4O3. The summed E-state index contributed by atoms with van der Waals surface area (Å²) in [5, 5.41) is 9.09. The van der Waals surface area contributed by atoms with Crippen LogP contribution in [0.2, 0.25) is 0 Å². The first-order valence-corrected chi connectivity index (χ1v) is 10.8. The van der Waals surface area contributed by atoms with Crippen LogP contribution in [0.5, 0.6) is 0 Å². The van der Waals surface area contributed by atoms with Gasteiger partial charge in [-0.05, 0) is 38.5 Å². The number of fused-ring (bicyclic) bond motifs is 1. The second-order valence-corrected chi connectivity index (χ2v) is 8.68. The highest BCUT2D eigenvalue weighted by atomic mass is 19.4. The lowest BCUT2D eigenvalue weighted by Crippen LogP contribution is -2.51. The van der Waals surface area contributed by atoms with Crippen LogP contribution in [0, 0.1) is 29.6 Å². The number of aromatic nitrogens is 1. The summed E-state index contributed by atoms with van der Waals surface area (Å²) in [5.74, 6) is -0.00905. The van der Waals surface area contributed by atoms with Crippen molar-refractivity contribution < 1.29 is 27.1 Å². The first-order chi connectivity index (χ1) is 15.7. The molecule has 10 heteroatoms. The number of oxazole rings is 1.